The summed E-state index contributed by atoms with van der Waals surface area (Å²) in [6, 6.07) is 7.22. The standard InChI is InChI=1S/C12H11F3N2O/c1-17(2)8-10(7-16)9-4-3-5-11(6-9)18-12(13,14)15/h3-6,8H,1-2H3. The molecule has 0 fully saturated rings. The number of ether oxygens (including phenoxy) is 1. The lowest BCUT2D eigenvalue weighted by Crippen LogP contribution is -2.17. The van der Waals surface area contributed by atoms with Crippen LogP contribution >= 0.6 is 0 Å². The third kappa shape index (κ3) is 4.37. The fourth-order valence-electron chi connectivity index (χ4n) is 1.29. The summed E-state index contributed by atoms with van der Waals surface area (Å²) in [5.74, 6) is -0.347. The van der Waals surface area contributed by atoms with E-state index in [0.29, 0.717) is 5.56 Å². The van der Waals surface area contributed by atoms with E-state index < -0.39 is 6.36 Å². The third-order valence-electron chi connectivity index (χ3n) is 1.89. The number of alkyl halides is 3. The van der Waals surface area contributed by atoms with Crippen LogP contribution in [0.2, 0.25) is 0 Å². The van der Waals surface area contributed by atoms with Gasteiger partial charge in [0.05, 0.1) is 5.57 Å². The molecular formula is C12H11F3N2O. The number of nitriles is 1. The highest BCUT2D eigenvalue weighted by Gasteiger charge is 2.31. The average Bonchev–Trinajstić information content (AvgIpc) is 2.23. The van der Waals surface area contributed by atoms with Gasteiger partial charge in [-0.25, -0.2) is 0 Å². The molecule has 1 aromatic carbocycles. The van der Waals surface area contributed by atoms with Crippen LogP contribution < -0.4 is 4.74 Å². The Morgan fingerprint density at radius 1 is 1.39 bits per heavy atom. The zero-order valence-electron chi connectivity index (χ0n) is 9.82. The second-order valence-corrected chi connectivity index (χ2v) is 3.69. The number of allylic oxidation sites excluding steroid dienone is 1. The van der Waals surface area contributed by atoms with Gasteiger partial charge in [0.15, 0.2) is 0 Å². The first-order chi connectivity index (χ1) is 8.31. The van der Waals surface area contributed by atoms with Crippen molar-refractivity contribution in [3.8, 4) is 11.8 Å². The molecule has 0 atom stereocenters. The van der Waals surface area contributed by atoms with Crippen LogP contribution in [-0.2, 0) is 0 Å². The highest BCUT2D eigenvalue weighted by Crippen LogP contribution is 2.25. The maximum Gasteiger partial charge on any atom is 0.573 e. The maximum absolute atomic E-state index is 12.1. The van der Waals surface area contributed by atoms with Gasteiger partial charge >= 0.3 is 6.36 Å². The Morgan fingerprint density at radius 3 is 2.56 bits per heavy atom. The second kappa shape index (κ2) is 5.45. The predicted molar refractivity (Wildman–Crippen MR) is 60.4 cm³/mol. The highest BCUT2D eigenvalue weighted by atomic mass is 19.4. The van der Waals surface area contributed by atoms with Gasteiger partial charge in [0.2, 0.25) is 0 Å². The molecule has 3 nitrogen and oxygen atoms in total. The highest BCUT2D eigenvalue weighted by molar-refractivity contribution is 5.76. The number of halogens is 3. The van der Waals surface area contributed by atoms with E-state index in [1.165, 1.54) is 24.4 Å². The Hall–Kier alpha value is -2.16. The molecule has 1 aromatic rings. The molecule has 0 aliphatic rings. The molecule has 0 spiro atoms. The first-order valence-electron chi connectivity index (χ1n) is 4.96. The molecule has 0 bridgehead atoms. The molecule has 0 radical (unpaired) electrons. The SMILES string of the molecule is CN(C)C=C(C#N)c1cccc(OC(F)(F)F)c1. The summed E-state index contributed by atoms with van der Waals surface area (Å²) >= 11 is 0. The molecule has 0 unspecified atom stereocenters. The molecule has 96 valence electrons. The molecule has 0 aliphatic heterocycles. The van der Waals surface area contributed by atoms with Gasteiger partial charge in [-0.1, -0.05) is 12.1 Å². The van der Waals surface area contributed by atoms with E-state index in [1.807, 2.05) is 6.07 Å². The van der Waals surface area contributed by atoms with Crippen molar-refractivity contribution in [1.29, 1.82) is 5.26 Å². The van der Waals surface area contributed by atoms with E-state index in [0.717, 1.165) is 0 Å². The van der Waals surface area contributed by atoms with Gasteiger partial charge in [-0.2, -0.15) is 5.26 Å². The number of nitrogens with zero attached hydrogens (tertiary/aromatic N) is 2. The van der Waals surface area contributed by atoms with Crippen molar-refractivity contribution >= 4 is 5.57 Å². The van der Waals surface area contributed by atoms with Crippen LogP contribution in [0.3, 0.4) is 0 Å². The molecule has 0 heterocycles. The monoisotopic (exact) mass is 256 g/mol. The quantitative estimate of drug-likeness (QED) is 0.780. The molecule has 0 aliphatic carbocycles. The van der Waals surface area contributed by atoms with Crippen LogP contribution in [0.15, 0.2) is 30.5 Å². The first-order valence-corrected chi connectivity index (χ1v) is 4.96. The summed E-state index contributed by atoms with van der Waals surface area (Å²) in [7, 11) is 3.43. The molecule has 6 heteroatoms. The van der Waals surface area contributed by atoms with Crippen LogP contribution in [0.1, 0.15) is 5.56 Å². The fourth-order valence-corrected chi connectivity index (χ4v) is 1.29. The topological polar surface area (TPSA) is 36.3 Å². The fraction of sp³-hybridized carbons (Fsp3) is 0.250. The zero-order chi connectivity index (χ0) is 13.8. The molecule has 0 N–H and O–H groups in total. The van der Waals surface area contributed by atoms with Gasteiger partial charge in [-0.05, 0) is 17.7 Å². The number of hydrogen-bond donors (Lipinski definition) is 0. The summed E-state index contributed by atoms with van der Waals surface area (Å²) < 4.78 is 40.0. The van der Waals surface area contributed by atoms with Crippen molar-refractivity contribution in [1.82, 2.24) is 4.90 Å². The lowest BCUT2D eigenvalue weighted by atomic mass is 10.1. The van der Waals surface area contributed by atoms with Gasteiger partial charge in [0.1, 0.15) is 11.8 Å². The predicted octanol–water partition coefficient (Wildman–Crippen LogP) is 3.01. The van der Waals surface area contributed by atoms with Crippen molar-refractivity contribution in [2.24, 2.45) is 0 Å². The number of rotatable bonds is 3. The molecule has 18 heavy (non-hydrogen) atoms. The Morgan fingerprint density at radius 2 is 2.06 bits per heavy atom. The lowest BCUT2D eigenvalue weighted by molar-refractivity contribution is -0.274. The second-order valence-electron chi connectivity index (χ2n) is 3.69. The van der Waals surface area contributed by atoms with Crippen LogP contribution in [0.25, 0.3) is 5.57 Å². The Balaban J connectivity index is 3.05. The Bertz CT molecular complexity index is 487. The van der Waals surface area contributed by atoms with Crippen LogP contribution in [0.5, 0.6) is 5.75 Å². The smallest absolute Gasteiger partial charge is 0.406 e. The largest absolute Gasteiger partial charge is 0.573 e. The van der Waals surface area contributed by atoms with Gasteiger partial charge in [0, 0.05) is 20.3 Å². The Labute approximate surface area is 103 Å². The summed E-state index contributed by atoms with van der Waals surface area (Å²) in [6.07, 6.45) is -3.22. The van der Waals surface area contributed by atoms with Crippen molar-refractivity contribution in [3.05, 3.63) is 36.0 Å². The summed E-state index contributed by atoms with van der Waals surface area (Å²) in [5, 5.41) is 8.94. The molecule has 0 aromatic heterocycles. The van der Waals surface area contributed by atoms with Crippen LogP contribution in [0.4, 0.5) is 13.2 Å². The van der Waals surface area contributed by atoms with Gasteiger partial charge in [0.25, 0.3) is 0 Å². The van der Waals surface area contributed by atoms with E-state index in [9.17, 15) is 13.2 Å². The average molecular weight is 256 g/mol. The molecule has 1 rings (SSSR count). The molecule has 0 saturated heterocycles. The van der Waals surface area contributed by atoms with Crippen molar-refractivity contribution in [2.45, 2.75) is 6.36 Å². The lowest BCUT2D eigenvalue weighted by Gasteiger charge is -2.10. The molecular weight excluding hydrogens is 245 g/mol. The summed E-state index contributed by atoms with van der Waals surface area (Å²) in [6.45, 7) is 0. The summed E-state index contributed by atoms with van der Waals surface area (Å²) in [4.78, 5) is 1.63. The minimum Gasteiger partial charge on any atom is -0.406 e. The van der Waals surface area contributed by atoms with Crippen molar-refractivity contribution in [3.63, 3.8) is 0 Å². The van der Waals surface area contributed by atoms with Crippen LogP contribution in [0, 0.1) is 11.3 Å². The van der Waals surface area contributed by atoms with Crippen molar-refractivity contribution < 1.29 is 17.9 Å². The van der Waals surface area contributed by atoms with Gasteiger partial charge in [-0.15, -0.1) is 13.2 Å². The van der Waals surface area contributed by atoms with Crippen molar-refractivity contribution in [2.75, 3.05) is 14.1 Å². The van der Waals surface area contributed by atoms with E-state index in [-0.39, 0.29) is 11.3 Å². The van der Waals surface area contributed by atoms with E-state index in [2.05, 4.69) is 4.74 Å². The van der Waals surface area contributed by atoms with E-state index in [4.69, 9.17) is 5.26 Å². The third-order valence-corrected chi connectivity index (χ3v) is 1.89. The van der Waals surface area contributed by atoms with Gasteiger partial charge in [-0.3, -0.25) is 0 Å². The Kier molecular flexibility index (Phi) is 4.21. The molecule has 0 saturated carbocycles. The maximum atomic E-state index is 12.1. The number of benzene rings is 1. The minimum atomic E-state index is -4.74. The zero-order valence-corrected chi connectivity index (χ0v) is 9.82. The van der Waals surface area contributed by atoms with E-state index >= 15 is 0 Å². The first kappa shape index (κ1) is 13.9. The van der Waals surface area contributed by atoms with Gasteiger partial charge < -0.3 is 9.64 Å². The summed E-state index contributed by atoms with van der Waals surface area (Å²) in [5.41, 5.74) is 0.626. The normalized spacial score (nSPS) is 11.9. The van der Waals surface area contributed by atoms with E-state index in [1.54, 1.807) is 25.1 Å². The molecule has 0 amide bonds. The van der Waals surface area contributed by atoms with Crippen LogP contribution in [-0.4, -0.2) is 25.4 Å². The number of hydrogen-bond acceptors (Lipinski definition) is 3. The minimum absolute atomic E-state index is 0.257.